The minimum atomic E-state index is -0.922. The summed E-state index contributed by atoms with van der Waals surface area (Å²) in [6.07, 6.45) is 0.444. The van der Waals surface area contributed by atoms with Gasteiger partial charge in [0.15, 0.2) is 11.6 Å². The number of benzene rings is 1. The van der Waals surface area contributed by atoms with Crippen LogP contribution in [0.25, 0.3) is 0 Å². The van der Waals surface area contributed by atoms with Crippen LogP contribution >= 0.6 is 0 Å². The van der Waals surface area contributed by atoms with Crippen molar-refractivity contribution in [2.24, 2.45) is 0 Å². The number of carboxylic acid groups (broad SMARTS) is 1. The van der Waals surface area contributed by atoms with Crippen LogP contribution in [0.4, 0.5) is 8.78 Å². The van der Waals surface area contributed by atoms with E-state index in [4.69, 9.17) is 5.11 Å². The largest absolute Gasteiger partial charge is 0.480 e. The molecule has 0 aliphatic rings. The highest BCUT2D eigenvalue weighted by molar-refractivity contribution is 5.73. The van der Waals surface area contributed by atoms with Crippen molar-refractivity contribution >= 4 is 5.97 Å². The molecule has 0 spiro atoms. The first kappa shape index (κ1) is 14.6. The maximum absolute atomic E-state index is 13.1. The van der Waals surface area contributed by atoms with Crippen molar-refractivity contribution in [1.29, 1.82) is 0 Å². The molecule has 0 bridgehead atoms. The fourth-order valence-electron chi connectivity index (χ4n) is 1.91. The Morgan fingerprint density at radius 2 is 2.00 bits per heavy atom. The van der Waals surface area contributed by atoms with E-state index >= 15 is 0 Å². The van der Waals surface area contributed by atoms with E-state index in [1.165, 1.54) is 6.07 Å². The highest BCUT2D eigenvalue weighted by Gasteiger charge is 2.25. The monoisotopic (exact) mass is 257 g/mol. The Morgan fingerprint density at radius 1 is 1.39 bits per heavy atom. The summed E-state index contributed by atoms with van der Waals surface area (Å²) in [5, 5.41) is 9.06. The normalized spacial score (nSPS) is 14.6. The third kappa shape index (κ3) is 3.04. The molecule has 0 saturated heterocycles. The van der Waals surface area contributed by atoms with Crippen LogP contribution in [-0.4, -0.2) is 29.1 Å². The molecule has 0 aliphatic carbocycles. The summed E-state index contributed by atoms with van der Waals surface area (Å²) >= 11 is 0. The molecule has 18 heavy (non-hydrogen) atoms. The number of rotatable bonds is 5. The number of hydrogen-bond donors (Lipinski definition) is 1. The summed E-state index contributed by atoms with van der Waals surface area (Å²) < 4.78 is 26.0. The van der Waals surface area contributed by atoms with Gasteiger partial charge in [0.2, 0.25) is 0 Å². The van der Waals surface area contributed by atoms with Crippen molar-refractivity contribution in [3.8, 4) is 0 Å². The smallest absolute Gasteiger partial charge is 0.320 e. The van der Waals surface area contributed by atoms with Gasteiger partial charge in [-0.25, -0.2) is 8.78 Å². The number of carboxylic acids is 1. The fourth-order valence-corrected chi connectivity index (χ4v) is 1.91. The van der Waals surface area contributed by atoms with E-state index < -0.39 is 23.6 Å². The number of halogens is 2. The zero-order chi connectivity index (χ0) is 13.9. The van der Waals surface area contributed by atoms with Gasteiger partial charge in [-0.2, -0.15) is 0 Å². The second-order valence-electron chi connectivity index (χ2n) is 4.28. The summed E-state index contributed by atoms with van der Waals surface area (Å²) in [6, 6.07) is 2.67. The van der Waals surface area contributed by atoms with Gasteiger partial charge in [-0.3, -0.25) is 9.69 Å². The molecule has 1 aromatic rings. The van der Waals surface area contributed by atoms with Crippen molar-refractivity contribution in [2.75, 3.05) is 7.05 Å². The first-order chi connectivity index (χ1) is 8.38. The van der Waals surface area contributed by atoms with Crippen LogP contribution in [0.1, 0.15) is 31.9 Å². The first-order valence-electron chi connectivity index (χ1n) is 5.78. The highest BCUT2D eigenvalue weighted by Crippen LogP contribution is 2.23. The van der Waals surface area contributed by atoms with Gasteiger partial charge in [-0.1, -0.05) is 13.0 Å². The van der Waals surface area contributed by atoms with Gasteiger partial charge in [-0.15, -0.1) is 0 Å². The van der Waals surface area contributed by atoms with Crippen LogP contribution in [0.2, 0.25) is 0 Å². The maximum atomic E-state index is 13.1. The molecular formula is C13H17F2NO2. The molecule has 3 nitrogen and oxygen atoms in total. The second-order valence-corrected chi connectivity index (χ2v) is 4.28. The standard InChI is InChI=1S/C13H17F2NO2/c1-4-12(13(17)18)16(3)8(2)9-5-6-10(14)11(15)7-9/h5-8,12H,4H2,1-3H3,(H,17,18). The van der Waals surface area contributed by atoms with E-state index in [-0.39, 0.29) is 6.04 Å². The average molecular weight is 257 g/mol. The van der Waals surface area contributed by atoms with Crippen molar-refractivity contribution in [3.05, 3.63) is 35.4 Å². The fraction of sp³-hybridized carbons (Fsp3) is 0.462. The molecule has 0 saturated carbocycles. The number of nitrogens with zero attached hydrogens (tertiary/aromatic N) is 1. The summed E-state index contributed by atoms with van der Waals surface area (Å²) in [6.45, 7) is 3.53. The van der Waals surface area contributed by atoms with Gasteiger partial charge in [0.05, 0.1) is 0 Å². The number of carbonyl (C=O) groups is 1. The Hall–Kier alpha value is -1.49. The lowest BCUT2D eigenvalue weighted by atomic mass is 10.0. The summed E-state index contributed by atoms with van der Waals surface area (Å²) in [5.41, 5.74) is 0.552. The predicted octanol–water partition coefficient (Wildman–Crippen LogP) is 2.82. The van der Waals surface area contributed by atoms with Crippen molar-refractivity contribution in [3.63, 3.8) is 0 Å². The minimum Gasteiger partial charge on any atom is -0.480 e. The summed E-state index contributed by atoms with van der Waals surface area (Å²) in [4.78, 5) is 12.7. The molecule has 0 radical (unpaired) electrons. The molecule has 1 N–H and O–H groups in total. The lowest BCUT2D eigenvalue weighted by Gasteiger charge is -2.30. The Bertz CT molecular complexity index is 437. The van der Waals surface area contributed by atoms with Crippen LogP contribution in [0.3, 0.4) is 0 Å². The van der Waals surface area contributed by atoms with Crippen molar-refractivity contribution in [2.45, 2.75) is 32.4 Å². The van der Waals surface area contributed by atoms with E-state index in [1.807, 2.05) is 0 Å². The zero-order valence-electron chi connectivity index (χ0n) is 10.7. The molecule has 0 aromatic heterocycles. The molecule has 0 heterocycles. The van der Waals surface area contributed by atoms with Crippen LogP contribution in [-0.2, 0) is 4.79 Å². The van der Waals surface area contributed by atoms with Gasteiger partial charge in [0, 0.05) is 6.04 Å². The number of hydrogen-bond acceptors (Lipinski definition) is 2. The van der Waals surface area contributed by atoms with Gasteiger partial charge in [0.25, 0.3) is 0 Å². The molecular weight excluding hydrogens is 240 g/mol. The maximum Gasteiger partial charge on any atom is 0.320 e. The topological polar surface area (TPSA) is 40.5 Å². The minimum absolute atomic E-state index is 0.304. The average Bonchev–Trinajstić information content (AvgIpc) is 2.32. The second kappa shape index (κ2) is 5.91. The molecule has 2 atom stereocenters. The summed E-state index contributed by atoms with van der Waals surface area (Å²) in [5.74, 6) is -2.75. The van der Waals surface area contributed by atoms with Gasteiger partial charge < -0.3 is 5.11 Å². The molecule has 2 unspecified atom stereocenters. The van der Waals surface area contributed by atoms with E-state index in [9.17, 15) is 13.6 Å². The van der Waals surface area contributed by atoms with Crippen LogP contribution < -0.4 is 0 Å². The molecule has 1 rings (SSSR count). The van der Waals surface area contributed by atoms with Gasteiger partial charge in [-0.05, 0) is 38.1 Å². The van der Waals surface area contributed by atoms with Crippen LogP contribution in [0.15, 0.2) is 18.2 Å². The molecule has 0 fully saturated rings. The highest BCUT2D eigenvalue weighted by atomic mass is 19.2. The van der Waals surface area contributed by atoms with E-state index in [0.717, 1.165) is 12.1 Å². The third-order valence-electron chi connectivity index (χ3n) is 3.20. The Labute approximate surface area is 105 Å². The van der Waals surface area contributed by atoms with Crippen LogP contribution in [0, 0.1) is 11.6 Å². The SMILES string of the molecule is CCC(C(=O)O)N(C)C(C)c1ccc(F)c(F)c1. The molecule has 100 valence electrons. The third-order valence-corrected chi connectivity index (χ3v) is 3.20. The van der Waals surface area contributed by atoms with E-state index in [1.54, 1.807) is 25.8 Å². The molecule has 1 aromatic carbocycles. The first-order valence-corrected chi connectivity index (χ1v) is 5.78. The van der Waals surface area contributed by atoms with Crippen molar-refractivity contribution in [1.82, 2.24) is 4.90 Å². The van der Waals surface area contributed by atoms with Crippen molar-refractivity contribution < 1.29 is 18.7 Å². The molecule has 0 aliphatic heterocycles. The quantitative estimate of drug-likeness (QED) is 0.881. The van der Waals surface area contributed by atoms with Gasteiger partial charge >= 0.3 is 5.97 Å². The van der Waals surface area contributed by atoms with E-state index in [0.29, 0.717) is 12.0 Å². The Morgan fingerprint density at radius 3 is 2.44 bits per heavy atom. The van der Waals surface area contributed by atoms with Gasteiger partial charge in [0.1, 0.15) is 6.04 Å². The Balaban J connectivity index is 2.94. The predicted molar refractivity (Wildman–Crippen MR) is 64.3 cm³/mol. The number of aliphatic carboxylic acids is 1. The summed E-state index contributed by atoms with van der Waals surface area (Å²) in [7, 11) is 1.66. The lowest BCUT2D eigenvalue weighted by Crippen LogP contribution is -2.39. The van der Waals surface area contributed by atoms with Crippen LogP contribution in [0.5, 0.6) is 0 Å². The number of likely N-dealkylation sites (N-methyl/N-ethyl adjacent to an activating group) is 1. The lowest BCUT2D eigenvalue weighted by molar-refractivity contribution is -0.143. The molecule has 0 amide bonds. The molecule has 5 heteroatoms. The Kier molecular flexibility index (Phi) is 4.78. The van der Waals surface area contributed by atoms with E-state index in [2.05, 4.69) is 0 Å². The zero-order valence-corrected chi connectivity index (χ0v) is 10.7.